The maximum absolute atomic E-state index is 8.93. The standard InChI is InChI=1S/C14H17N5/c1-18(2)14-4-5-16-9-13(14)17-8-11-6-12(7-15)19(3)10-11/h4-6,9-10,17H,8H2,1-3H3. The molecule has 2 aromatic heterocycles. The van der Waals surface area contributed by atoms with Gasteiger partial charge >= 0.3 is 0 Å². The summed E-state index contributed by atoms with van der Waals surface area (Å²) in [6, 6.07) is 6.01. The molecule has 2 aromatic rings. The van der Waals surface area contributed by atoms with Gasteiger partial charge in [-0.15, -0.1) is 0 Å². The number of nitriles is 1. The van der Waals surface area contributed by atoms with E-state index in [0.29, 0.717) is 12.2 Å². The number of aromatic nitrogens is 2. The first-order valence-corrected chi connectivity index (χ1v) is 6.02. The fourth-order valence-electron chi connectivity index (χ4n) is 1.95. The van der Waals surface area contributed by atoms with Gasteiger partial charge < -0.3 is 14.8 Å². The Balaban J connectivity index is 2.12. The van der Waals surface area contributed by atoms with Crippen LogP contribution in [-0.2, 0) is 13.6 Å². The second-order valence-corrected chi connectivity index (χ2v) is 4.60. The van der Waals surface area contributed by atoms with Crippen LogP contribution < -0.4 is 10.2 Å². The lowest BCUT2D eigenvalue weighted by molar-refractivity contribution is 0.902. The van der Waals surface area contributed by atoms with Gasteiger partial charge in [0.25, 0.3) is 0 Å². The largest absolute Gasteiger partial charge is 0.378 e. The predicted octanol–water partition coefficient (Wildman–Crippen LogP) is 1.97. The minimum atomic E-state index is 0.663. The fourth-order valence-corrected chi connectivity index (χ4v) is 1.95. The van der Waals surface area contributed by atoms with E-state index < -0.39 is 0 Å². The highest BCUT2D eigenvalue weighted by Gasteiger charge is 2.06. The molecule has 0 amide bonds. The minimum absolute atomic E-state index is 0.663. The Bertz CT molecular complexity index is 607. The van der Waals surface area contributed by atoms with Gasteiger partial charge in [0.05, 0.1) is 17.6 Å². The van der Waals surface area contributed by atoms with Crippen molar-refractivity contribution in [1.82, 2.24) is 9.55 Å². The van der Waals surface area contributed by atoms with Gasteiger partial charge in [-0.2, -0.15) is 5.26 Å². The van der Waals surface area contributed by atoms with Crippen LogP contribution in [0.2, 0.25) is 0 Å². The number of anilines is 2. The highest BCUT2D eigenvalue weighted by molar-refractivity contribution is 5.68. The SMILES string of the molecule is CN(C)c1ccncc1NCc1cc(C#N)n(C)c1. The molecule has 0 spiro atoms. The normalized spacial score (nSPS) is 10.0. The lowest BCUT2D eigenvalue weighted by Gasteiger charge is -2.17. The van der Waals surface area contributed by atoms with E-state index in [4.69, 9.17) is 5.26 Å². The maximum atomic E-state index is 8.93. The first kappa shape index (κ1) is 13.0. The Morgan fingerprint density at radius 3 is 2.89 bits per heavy atom. The summed E-state index contributed by atoms with van der Waals surface area (Å²) in [6.07, 6.45) is 5.54. The lowest BCUT2D eigenvalue weighted by atomic mass is 10.3. The van der Waals surface area contributed by atoms with Gasteiger partial charge in [-0.3, -0.25) is 4.98 Å². The Morgan fingerprint density at radius 1 is 1.47 bits per heavy atom. The number of nitrogens with one attached hydrogen (secondary N) is 1. The average molecular weight is 255 g/mol. The monoisotopic (exact) mass is 255 g/mol. The molecule has 0 aliphatic rings. The summed E-state index contributed by atoms with van der Waals surface area (Å²) in [6.45, 7) is 0.669. The van der Waals surface area contributed by atoms with Crippen molar-refractivity contribution in [2.75, 3.05) is 24.3 Å². The van der Waals surface area contributed by atoms with Gasteiger partial charge in [0, 0.05) is 40.1 Å². The van der Waals surface area contributed by atoms with Crippen LogP contribution in [-0.4, -0.2) is 23.6 Å². The van der Waals surface area contributed by atoms with Crippen LogP contribution in [0, 0.1) is 11.3 Å². The minimum Gasteiger partial charge on any atom is -0.378 e. The Kier molecular flexibility index (Phi) is 3.71. The van der Waals surface area contributed by atoms with Crippen molar-refractivity contribution in [2.24, 2.45) is 7.05 Å². The molecular formula is C14H17N5. The zero-order valence-corrected chi connectivity index (χ0v) is 11.4. The number of aryl methyl sites for hydroxylation is 1. The van der Waals surface area contributed by atoms with E-state index in [0.717, 1.165) is 16.9 Å². The molecule has 0 aromatic carbocycles. The summed E-state index contributed by atoms with van der Waals surface area (Å²) >= 11 is 0. The van der Waals surface area contributed by atoms with Crippen molar-refractivity contribution in [3.8, 4) is 6.07 Å². The number of hydrogen-bond acceptors (Lipinski definition) is 4. The lowest BCUT2D eigenvalue weighted by Crippen LogP contribution is -2.12. The van der Waals surface area contributed by atoms with E-state index in [9.17, 15) is 0 Å². The fraction of sp³-hybridized carbons (Fsp3) is 0.286. The van der Waals surface area contributed by atoms with Gasteiger partial charge in [0.1, 0.15) is 11.8 Å². The molecule has 0 bridgehead atoms. The second-order valence-electron chi connectivity index (χ2n) is 4.60. The summed E-state index contributed by atoms with van der Waals surface area (Å²) in [5.74, 6) is 0. The highest BCUT2D eigenvalue weighted by atomic mass is 15.1. The number of pyridine rings is 1. The van der Waals surface area contributed by atoms with Crippen LogP contribution >= 0.6 is 0 Å². The van der Waals surface area contributed by atoms with E-state index >= 15 is 0 Å². The molecular weight excluding hydrogens is 238 g/mol. The van der Waals surface area contributed by atoms with Crippen LogP contribution in [0.3, 0.4) is 0 Å². The molecule has 0 fully saturated rings. The molecule has 19 heavy (non-hydrogen) atoms. The number of hydrogen-bond donors (Lipinski definition) is 1. The highest BCUT2D eigenvalue weighted by Crippen LogP contribution is 2.22. The third kappa shape index (κ3) is 2.86. The molecule has 0 radical (unpaired) electrons. The summed E-state index contributed by atoms with van der Waals surface area (Å²) < 4.78 is 1.83. The molecule has 5 nitrogen and oxygen atoms in total. The van der Waals surface area contributed by atoms with E-state index in [1.54, 1.807) is 6.20 Å². The van der Waals surface area contributed by atoms with Gasteiger partial charge in [0.15, 0.2) is 0 Å². The molecule has 0 aliphatic carbocycles. The van der Waals surface area contributed by atoms with Crippen LogP contribution in [0.4, 0.5) is 11.4 Å². The molecule has 0 saturated carbocycles. The third-order valence-corrected chi connectivity index (χ3v) is 2.94. The van der Waals surface area contributed by atoms with Crippen molar-refractivity contribution in [2.45, 2.75) is 6.54 Å². The number of nitrogens with zero attached hydrogens (tertiary/aromatic N) is 4. The molecule has 0 atom stereocenters. The van der Waals surface area contributed by atoms with Crippen LogP contribution in [0.5, 0.6) is 0 Å². The van der Waals surface area contributed by atoms with Crippen LogP contribution in [0.25, 0.3) is 0 Å². The predicted molar refractivity (Wildman–Crippen MR) is 76.0 cm³/mol. The van der Waals surface area contributed by atoms with Crippen LogP contribution in [0.15, 0.2) is 30.7 Å². The summed E-state index contributed by atoms with van der Waals surface area (Å²) in [5, 5.41) is 12.3. The average Bonchev–Trinajstić information content (AvgIpc) is 2.77. The Morgan fingerprint density at radius 2 is 2.26 bits per heavy atom. The zero-order chi connectivity index (χ0) is 13.8. The summed E-state index contributed by atoms with van der Waals surface area (Å²) in [5.41, 5.74) is 3.81. The van der Waals surface area contributed by atoms with E-state index in [1.807, 2.05) is 55.1 Å². The molecule has 0 aliphatic heterocycles. The molecule has 1 N–H and O–H groups in total. The summed E-state index contributed by atoms with van der Waals surface area (Å²) in [4.78, 5) is 6.17. The van der Waals surface area contributed by atoms with Gasteiger partial charge in [-0.05, 0) is 17.7 Å². The quantitative estimate of drug-likeness (QED) is 0.907. The molecule has 98 valence electrons. The van der Waals surface area contributed by atoms with Crippen molar-refractivity contribution in [3.05, 3.63) is 42.0 Å². The van der Waals surface area contributed by atoms with Crippen molar-refractivity contribution >= 4 is 11.4 Å². The smallest absolute Gasteiger partial charge is 0.120 e. The van der Waals surface area contributed by atoms with Crippen molar-refractivity contribution in [3.63, 3.8) is 0 Å². The van der Waals surface area contributed by atoms with E-state index in [2.05, 4.69) is 16.4 Å². The van der Waals surface area contributed by atoms with Crippen molar-refractivity contribution in [1.29, 1.82) is 5.26 Å². The molecule has 2 heterocycles. The summed E-state index contributed by atoms with van der Waals surface area (Å²) in [7, 11) is 5.87. The number of rotatable bonds is 4. The van der Waals surface area contributed by atoms with E-state index in [-0.39, 0.29) is 0 Å². The Hall–Kier alpha value is -2.48. The topological polar surface area (TPSA) is 56.9 Å². The first-order chi connectivity index (χ1) is 9.11. The Labute approximate surface area is 113 Å². The molecule has 0 unspecified atom stereocenters. The van der Waals surface area contributed by atoms with Crippen LogP contribution in [0.1, 0.15) is 11.3 Å². The molecule has 0 saturated heterocycles. The van der Waals surface area contributed by atoms with Crippen molar-refractivity contribution < 1.29 is 0 Å². The first-order valence-electron chi connectivity index (χ1n) is 6.02. The molecule has 5 heteroatoms. The second kappa shape index (κ2) is 5.44. The molecule has 2 rings (SSSR count). The van der Waals surface area contributed by atoms with Gasteiger partial charge in [-0.1, -0.05) is 0 Å². The third-order valence-electron chi connectivity index (χ3n) is 2.94. The zero-order valence-electron chi connectivity index (χ0n) is 11.4. The maximum Gasteiger partial charge on any atom is 0.120 e. The van der Waals surface area contributed by atoms with Gasteiger partial charge in [-0.25, -0.2) is 0 Å². The van der Waals surface area contributed by atoms with Gasteiger partial charge in [0.2, 0.25) is 0 Å². The van der Waals surface area contributed by atoms with E-state index in [1.165, 1.54) is 0 Å².